The Morgan fingerprint density at radius 3 is 2.58 bits per heavy atom. The standard InChI is InChI=1S/C19H22ClN3O8S2/c1-32-7-5-19(18(26)27)14-13(16(24)22(17(14)25)6-8-33(2,30)31)15(21-19)11-9-10(20)3-4-12(11)23(28)29/h3-4,9,13-15,21H,5-8H2,1-2H3,(H,26,27). The van der Waals surface area contributed by atoms with Gasteiger partial charge in [0.25, 0.3) is 5.69 Å². The number of aliphatic carboxylic acids is 1. The molecule has 2 N–H and O–H groups in total. The molecule has 0 aromatic heterocycles. The van der Waals surface area contributed by atoms with Gasteiger partial charge in [-0.05, 0) is 30.6 Å². The molecule has 180 valence electrons. The maximum absolute atomic E-state index is 13.3. The van der Waals surface area contributed by atoms with Crippen LogP contribution >= 0.6 is 23.4 Å². The largest absolute Gasteiger partial charge is 0.480 e. The van der Waals surface area contributed by atoms with Gasteiger partial charge in [-0.3, -0.25) is 34.7 Å². The molecular formula is C19H22ClN3O8S2. The quantitative estimate of drug-likeness (QED) is 0.274. The van der Waals surface area contributed by atoms with Crippen molar-refractivity contribution in [3.05, 3.63) is 38.9 Å². The number of hydrogen-bond donors (Lipinski definition) is 2. The fourth-order valence-electron chi connectivity index (χ4n) is 4.54. The van der Waals surface area contributed by atoms with Crippen LogP contribution in [-0.2, 0) is 24.2 Å². The maximum atomic E-state index is 13.3. The van der Waals surface area contributed by atoms with E-state index in [0.717, 1.165) is 17.2 Å². The maximum Gasteiger partial charge on any atom is 0.324 e. The average Bonchev–Trinajstić information content (AvgIpc) is 3.18. The summed E-state index contributed by atoms with van der Waals surface area (Å²) in [6.45, 7) is -0.425. The summed E-state index contributed by atoms with van der Waals surface area (Å²) in [4.78, 5) is 50.9. The molecule has 4 unspecified atom stereocenters. The highest BCUT2D eigenvalue weighted by Crippen LogP contribution is 2.51. The van der Waals surface area contributed by atoms with Gasteiger partial charge in [-0.15, -0.1) is 0 Å². The van der Waals surface area contributed by atoms with E-state index in [1.807, 2.05) is 0 Å². The summed E-state index contributed by atoms with van der Waals surface area (Å²) in [7, 11) is -3.52. The van der Waals surface area contributed by atoms with Crippen molar-refractivity contribution in [1.29, 1.82) is 0 Å². The van der Waals surface area contributed by atoms with E-state index in [4.69, 9.17) is 11.6 Å². The summed E-state index contributed by atoms with van der Waals surface area (Å²) in [5.41, 5.74) is -2.27. The molecule has 0 spiro atoms. The van der Waals surface area contributed by atoms with Crippen molar-refractivity contribution in [2.24, 2.45) is 11.8 Å². The molecule has 3 rings (SSSR count). The van der Waals surface area contributed by atoms with Gasteiger partial charge in [0.15, 0.2) is 0 Å². The normalized spacial score (nSPS) is 27.1. The van der Waals surface area contributed by atoms with E-state index in [0.29, 0.717) is 5.75 Å². The van der Waals surface area contributed by atoms with Gasteiger partial charge >= 0.3 is 5.97 Å². The zero-order chi connectivity index (χ0) is 24.7. The van der Waals surface area contributed by atoms with Gasteiger partial charge in [-0.1, -0.05) is 11.6 Å². The number of nitro groups is 1. The van der Waals surface area contributed by atoms with Crippen molar-refractivity contribution in [3.8, 4) is 0 Å². The number of thioether (sulfide) groups is 1. The fourth-order valence-corrected chi connectivity index (χ4v) is 5.76. The number of sulfone groups is 1. The van der Waals surface area contributed by atoms with Gasteiger partial charge in [0.1, 0.15) is 15.4 Å². The van der Waals surface area contributed by atoms with Crippen molar-refractivity contribution >= 4 is 56.7 Å². The highest BCUT2D eigenvalue weighted by molar-refractivity contribution is 7.98. The van der Waals surface area contributed by atoms with Gasteiger partial charge in [0, 0.05) is 29.5 Å². The third-order valence-electron chi connectivity index (χ3n) is 6.03. The van der Waals surface area contributed by atoms with Crippen molar-refractivity contribution in [1.82, 2.24) is 10.2 Å². The molecule has 2 heterocycles. The van der Waals surface area contributed by atoms with E-state index in [2.05, 4.69) is 5.32 Å². The second kappa shape index (κ2) is 9.20. The molecule has 0 bridgehead atoms. The predicted octanol–water partition coefficient (Wildman–Crippen LogP) is 1.11. The Hall–Kier alpha value is -2.22. The van der Waals surface area contributed by atoms with E-state index in [-0.39, 0.29) is 22.7 Å². The summed E-state index contributed by atoms with van der Waals surface area (Å²) in [5.74, 6) is -5.73. The van der Waals surface area contributed by atoms with Crippen LogP contribution in [0.2, 0.25) is 5.02 Å². The number of carboxylic acid groups (broad SMARTS) is 1. The van der Waals surface area contributed by atoms with E-state index in [1.165, 1.54) is 23.9 Å². The predicted molar refractivity (Wildman–Crippen MR) is 121 cm³/mol. The van der Waals surface area contributed by atoms with Crippen LogP contribution in [-0.4, -0.2) is 77.2 Å². The fraction of sp³-hybridized carbons (Fsp3) is 0.526. The third-order valence-corrected chi connectivity index (χ3v) is 7.81. The number of likely N-dealkylation sites (tertiary alicyclic amines) is 1. The first-order chi connectivity index (χ1) is 15.3. The molecule has 11 nitrogen and oxygen atoms in total. The smallest absolute Gasteiger partial charge is 0.324 e. The number of amides is 2. The van der Waals surface area contributed by atoms with E-state index in [9.17, 15) is 38.0 Å². The Balaban J connectivity index is 2.17. The SMILES string of the molecule is CSCCC1(C(=O)O)NC(c2cc(Cl)ccc2[N+](=O)[O-])C2C(=O)N(CCS(C)(=O)=O)C(=O)C21. The molecule has 14 heteroatoms. The van der Waals surface area contributed by atoms with Crippen molar-refractivity contribution < 1.29 is 32.8 Å². The van der Waals surface area contributed by atoms with Crippen molar-refractivity contribution in [2.45, 2.75) is 18.0 Å². The Morgan fingerprint density at radius 2 is 2.03 bits per heavy atom. The molecule has 4 atom stereocenters. The van der Waals surface area contributed by atoms with Gasteiger partial charge < -0.3 is 5.11 Å². The first-order valence-corrected chi connectivity index (χ1v) is 13.6. The Bertz CT molecular complexity index is 1130. The molecule has 2 aliphatic rings. The molecule has 1 aromatic rings. The first-order valence-electron chi connectivity index (χ1n) is 9.81. The van der Waals surface area contributed by atoms with Gasteiger partial charge in [0.05, 0.1) is 28.6 Å². The third kappa shape index (κ3) is 4.59. The minimum Gasteiger partial charge on any atom is -0.480 e. The summed E-state index contributed by atoms with van der Waals surface area (Å²) in [6, 6.07) is 2.54. The molecule has 2 saturated heterocycles. The number of carbonyl (C=O) groups excluding carboxylic acids is 2. The average molecular weight is 520 g/mol. The first kappa shape index (κ1) is 25.4. The van der Waals surface area contributed by atoms with Crippen LogP contribution in [0, 0.1) is 22.0 Å². The van der Waals surface area contributed by atoms with Crippen molar-refractivity contribution in [3.63, 3.8) is 0 Å². The molecule has 33 heavy (non-hydrogen) atoms. The van der Waals surface area contributed by atoms with E-state index >= 15 is 0 Å². The molecule has 1 aromatic carbocycles. The summed E-state index contributed by atoms with van der Waals surface area (Å²) in [6.07, 6.45) is 2.67. The monoisotopic (exact) mass is 519 g/mol. The Morgan fingerprint density at radius 1 is 1.36 bits per heavy atom. The minimum atomic E-state index is -3.52. The molecule has 2 aliphatic heterocycles. The van der Waals surface area contributed by atoms with Crippen LogP contribution in [0.3, 0.4) is 0 Å². The number of nitro benzene ring substituents is 1. The number of nitrogens with zero attached hydrogens (tertiary/aromatic N) is 2. The zero-order valence-electron chi connectivity index (χ0n) is 17.7. The number of benzene rings is 1. The van der Waals surface area contributed by atoms with Crippen LogP contribution in [0.15, 0.2) is 18.2 Å². The number of nitrogens with one attached hydrogen (secondary N) is 1. The summed E-state index contributed by atoms with van der Waals surface area (Å²) < 4.78 is 23.2. The Labute approximate surface area is 198 Å². The van der Waals surface area contributed by atoms with Crippen molar-refractivity contribution in [2.75, 3.05) is 30.6 Å². The van der Waals surface area contributed by atoms with Gasteiger partial charge in [-0.2, -0.15) is 11.8 Å². The number of carboxylic acids is 1. The molecule has 0 aliphatic carbocycles. The topological polar surface area (TPSA) is 164 Å². The molecule has 0 saturated carbocycles. The highest BCUT2D eigenvalue weighted by atomic mass is 35.5. The van der Waals surface area contributed by atoms with Gasteiger partial charge in [-0.25, -0.2) is 8.42 Å². The second-order valence-electron chi connectivity index (χ2n) is 8.06. The number of carbonyl (C=O) groups is 3. The van der Waals surface area contributed by atoms with Crippen LogP contribution in [0.1, 0.15) is 18.0 Å². The van der Waals surface area contributed by atoms with E-state index in [1.54, 1.807) is 6.26 Å². The molecule has 2 amide bonds. The van der Waals surface area contributed by atoms with Gasteiger partial charge in [0.2, 0.25) is 11.8 Å². The lowest BCUT2D eigenvalue weighted by Crippen LogP contribution is -2.56. The number of imide groups is 1. The van der Waals surface area contributed by atoms with Crippen LogP contribution in [0.5, 0.6) is 0 Å². The summed E-state index contributed by atoms with van der Waals surface area (Å²) in [5, 5.41) is 24.8. The number of halogens is 1. The zero-order valence-corrected chi connectivity index (χ0v) is 20.1. The number of rotatable bonds is 9. The Kier molecular flexibility index (Phi) is 7.08. The number of fused-ring (bicyclic) bond motifs is 1. The van der Waals surface area contributed by atoms with Crippen LogP contribution in [0.25, 0.3) is 0 Å². The van der Waals surface area contributed by atoms with E-state index < -0.39 is 68.3 Å². The highest BCUT2D eigenvalue weighted by Gasteiger charge is 2.68. The molecule has 0 radical (unpaired) electrons. The lowest BCUT2D eigenvalue weighted by atomic mass is 9.78. The molecular weight excluding hydrogens is 498 g/mol. The lowest BCUT2D eigenvalue weighted by molar-refractivity contribution is -0.385. The van der Waals surface area contributed by atoms with Crippen LogP contribution in [0.4, 0.5) is 5.69 Å². The summed E-state index contributed by atoms with van der Waals surface area (Å²) >= 11 is 7.40. The second-order valence-corrected chi connectivity index (χ2v) is 11.7. The minimum absolute atomic E-state index is 0.0131. The molecule has 2 fully saturated rings. The lowest BCUT2D eigenvalue weighted by Gasteiger charge is -2.31. The van der Waals surface area contributed by atoms with Crippen LogP contribution < -0.4 is 5.32 Å². The number of hydrogen-bond acceptors (Lipinski definition) is 9.